The van der Waals surface area contributed by atoms with E-state index in [4.69, 9.17) is 26.8 Å². The number of primary amides is 1. The minimum absolute atomic E-state index is 0.0836. The van der Waals surface area contributed by atoms with Crippen LogP contribution in [0.15, 0.2) is 71.9 Å². The highest BCUT2D eigenvalue weighted by molar-refractivity contribution is 7.89. The maximum absolute atomic E-state index is 13.7. The van der Waals surface area contributed by atoms with Gasteiger partial charge in [0.05, 0.1) is 25.8 Å². The minimum atomic E-state index is -4.36. The van der Waals surface area contributed by atoms with Crippen molar-refractivity contribution in [2.45, 2.75) is 23.8 Å². The van der Waals surface area contributed by atoms with Crippen molar-refractivity contribution in [3.05, 3.63) is 94.5 Å². The van der Waals surface area contributed by atoms with E-state index >= 15 is 0 Å². The standard InChI is InChI=1S/C26H24ClF2N5O5S/c1-38-17-9-7-16(21(12-17)39-2)13-32-40(36,37)22-11-15(23(25(30)35)18-5-3-4-6-19(18)27)8-10-20(22)34-14-31-26(33-34)24(28)29/h3-12,14,23-24,32H,13H2,1-2H3,(H2,30,35). The van der Waals surface area contributed by atoms with Gasteiger partial charge in [-0.15, -0.1) is 5.10 Å². The van der Waals surface area contributed by atoms with E-state index in [1.165, 1.54) is 32.4 Å². The van der Waals surface area contributed by atoms with E-state index < -0.39 is 34.1 Å². The van der Waals surface area contributed by atoms with Crippen LogP contribution in [0.25, 0.3) is 5.69 Å². The lowest BCUT2D eigenvalue weighted by Gasteiger charge is -2.19. The maximum atomic E-state index is 13.7. The summed E-state index contributed by atoms with van der Waals surface area (Å²) in [6.07, 6.45) is -2.00. The predicted molar refractivity (Wildman–Crippen MR) is 142 cm³/mol. The van der Waals surface area contributed by atoms with Crippen molar-refractivity contribution in [2.24, 2.45) is 5.73 Å². The van der Waals surface area contributed by atoms with E-state index in [-0.39, 0.29) is 27.7 Å². The number of sulfonamides is 1. The van der Waals surface area contributed by atoms with Gasteiger partial charge in [0.1, 0.15) is 22.7 Å². The first kappa shape index (κ1) is 28.9. The van der Waals surface area contributed by atoms with Crippen molar-refractivity contribution in [2.75, 3.05) is 14.2 Å². The number of rotatable bonds is 11. The Labute approximate surface area is 233 Å². The Morgan fingerprint density at radius 3 is 2.48 bits per heavy atom. The first-order valence-electron chi connectivity index (χ1n) is 11.6. The molecule has 1 heterocycles. The first-order chi connectivity index (χ1) is 19.1. The monoisotopic (exact) mass is 591 g/mol. The molecule has 1 aromatic heterocycles. The molecule has 1 amide bonds. The zero-order valence-corrected chi connectivity index (χ0v) is 22.8. The molecule has 0 aliphatic rings. The van der Waals surface area contributed by atoms with Gasteiger partial charge in [-0.1, -0.05) is 41.9 Å². The number of halogens is 3. The molecule has 4 rings (SSSR count). The minimum Gasteiger partial charge on any atom is -0.497 e. The van der Waals surface area contributed by atoms with Crippen LogP contribution >= 0.6 is 11.6 Å². The SMILES string of the molecule is COc1ccc(CNS(=O)(=O)c2cc(C(C(N)=O)c3ccccc3Cl)ccc2-n2cnc(C(F)F)n2)c(OC)c1. The van der Waals surface area contributed by atoms with Gasteiger partial charge in [0.25, 0.3) is 6.43 Å². The fourth-order valence-electron chi connectivity index (χ4n) is 4.06. The molecule has 0 spiro atoms. The van der Waals surface area contributed by atoms with Gasteiger partial charge < -0.3 is 15.2 Å². The van der Waals surface area contributed by atoms with Crippen LogP contribution in [0.2, 0.25) is 5.02 Å². The summed E-state index contributed by atoms with van der Waals surface area (Å²) in [7, 11) is -1.45. The number of benzene rings is 3. The number of nitrogens with zero attached hydrogens (tertiary/aromatic N) is 3. The molecule has 0 bridgehead atoms. The Kier molecular flexibility index (Phi) is 8.67. The molecule has 0 fully saturated rings. The third kappa shape index (κ3) is 6.06. The van der Waals surface area contributed by atoms with E-state index in [0.29, 0.717) is 22.6 Å². The molecule has 210 valence electrons. The molecule has 0 saturated heterocycles. The van der Waals surface area contributed by atoms with Gasteiger partial charge in [-0.2, -0.15) is 0 Å². The highest BCUT2D eigenvalue weighted by Crippen LogP contribution is 2.33. The molecular formula is C26H24ClF2N5O5S. The van der Waals surface area contributed by atoms with Crippen LogP contribution in [0.5, 0.6) is 11.5 Å². The van der Waals surface area contributed by atoms with Gasteiger partial charge in [-0.25, -0.2) is 31.6 Å². The number of aromatic nitrogens is 3. The van der Waals surface area contributed by atoms with Crippen molar-refractivity contribution in [3.8, 4) is 17.2 Å². The molecule has 3 N–H and O–H groups in total. The van der Waals surface area contributed by atoms with Gasteiger partial charge in [-0.3, -0.25) is 4.79 Å². The molecule has 1 unspecified atom stereocenters. The number of carbonyl (C=O) groups is 1. The Morgan fingerprint density at radius 2 is 1.85 bits per heavy atom. The van der Waals surface area contributed by atoms with Crippen molar-refractivity contribution in [3.63, 3.8) is 0 Å². The molecule has 4 aromatic rings. The summed E-state index contributed by atoms with van der Waals surface area (Å²) in [4.78, 5) is 15.7. The van der Waals surface area contributed by atoms with Crippen LogP contribution in [0.3, 0.4) is 0 Å². The van der Waals surface area contributed by atoms with E-state index in [1.54, 1.807) is 42.5 Å². The van der Waals surface area contributed by atoms with E-state index in [0.717, 1.165) is 11.0 Å². The number of carbonyl (C=O) groups excluding carboxylic acids is 1. The van der Waals surface area contributed by atoms with E-state index in [2.05, 4.69) is 14.8 Å². The lowest BCUT2D eigenvalue weighted by Crippen LogP contribution is -2.26. The maximum Gasteiger partial charge on any atom is 0.299 e. The molecule has 0 saturated carbocycles. The van der Waals surface area contributed by atoms with Gasteiger partial charge in [0.2, 0.25) is 21.8 Å². The normalized spacial score (nSPS) is 12.3. The fraction of sp³-hybridized carbons (Fsp3) is 0.192. The predicted octanol–water partition coefficient (Wildman–Crippen LogP) is 3.97. The number of nitrogens with one attached hydrogen (secondary N) is 1. The third-order valence-corrected chi connectivity index (χ3v) is 7.78. The molecular weight excluding hydrogens is 568 g/mol. The highest BCUT2D eigenvalue weighted by atomic mass is 35.5. The zero-order chi connectivity index (χ0) is 29.0. The number of alkyl halides is 2. The van der Waals surface area contributed by atoms with Crippen LogP contribution < -0.4 is 19.9 Å². The summed E-state index contributed by atoms with van der Waals surface area (Å²) in [5.41, 5.74) is 6.69. The quantitative estimate of drug-likeness (QED) is 0.269. The number of hydrogen-bond acceptors (Lipinski definition) is 7. The summed E-state index contributed by atoms with van der Waals surface area (Å²) >= 11 is 6.32. The van der Waals surface area contributed by atoms with Crippen molar-refractivity contribution in [1.29, 1.82) is 0 Å². The molecule has 0 radical (unpaired) electrons. The van der Waals surface area contributed by atoms with Crippen LogP contribution in [-0.2, 0) is 21.4 Å². The van der Waals surface area contributed by atoms with Crippen LogP contribution in [0, 0.1) is 0 Å². The average Bonchev–Trinajstić information content (AvgIpc) is 3.43. The van der Waals surface area contributed by atoms with Crippen LogP contribution in [-0.4, -0.2) is 43.3 Å². The first-order valence-corrected chi connectivity index (χ1v) is 13.5. The Bertz CT molecular complexity index is 1650. The topological polar surface area (TPSA) is 138 Å². The fourth-order valence-corrected chi connectivity index (χ4v) is 5.54. The van der Waals surface area contributed by atoms with Gasteiger partial charge in [0.15, 0.2) is 0 Å². The molecule has 40 heavy (non-hydrogen) atoms. The van der Waals surface area contributed by atoms with E-state index in [1.807, 2.05) is 0 Å². The molecule has 10 nitrogen and oxygen atoms in total. The summed E-state index contributed by atoms with van der Waals surface area (Å²) in [5.74, 6) is -1.78. The number of hydrogen-bond donors (Lipinski definition) is 2. The second kappa shape index (κ2) is 12.0. The summed E-state index contributed by atoms with van der Waals surface area (Å²) < 4.78 is 67.7. The summed E-state index contributed by atoms with van der Waals surface area (Å²) in [5, 5.41) is 3.97. The molecule has 1 atom stereocenters. The van der Waals surface area contributed by atoms with Gasteiger partial charge in [0, 0.05) is 23.2 Å². The second-order valence-electron chi connectivity index (χ2n) is 8.43. The summed E-state index contributed by atoms with van der Waals surface area (Å²) in [6, 6.07) is 15.4. The molecule has 14 heteroatoms. The van der Waals surface area contributed by atoms with Gasteiger partial charge in [-0.05, 0) is 35.4 Å². The number of nitrogens with two attached hydrogens (primary N) is 1. The summed E-state index contributed by atoms with van der Waals surface area (Å²) in [6.45, 7) is -0.192. The molecule has 0 aliphatic heterocycles. The highest BCUT2D eigenvalue weighted by Gasteiger charge is 2.28. The second-order valence-corrected chi connectivity index (χ2v) is 10.6. The Hall–Kier alpha value is -4.07. The number of amides is 1. The molecule has 0 aliphatic carbocycles. The van der Waals surface area contributed by atoms with Crippen LogP contribution in [0.4, 0.5) is 8.78 Å². The molecule has 3 aromatic carbocycles. The van der Waals surface area contributed by atoms with Crippen molar-refractivity contribution >= 4 is 27.5 Å². The van der Waals surface area contributed by atoms with Crippen molar-refractivity contribution in [1.82, 2.24) is 19.5 Å². The zero-order valence-electron chi connectivity index (χ0n) is 21.2. The third-order valence-electron chi connectivity index (χ3n) is 6.01. The van der Waals surface area contributed by atoms with E-state index in [9.17, 15) is 22.0 Å². The lowest BCUT2D eigenvalue weighted by molar-refractivity contribution is -0.118. The van der Waals surface area contributed by atoms with Crippen molar-refractivity contribution < 1.29 is 31.5 Å². The Morgan fingerprint density at radius 1 is 1.10 bits per heavy atom. The van der Waals surface area contributed by atoms with Gasteiger partial charge >= 0.3 is 0 Å². The Balaban J connectivity index is 1.82. The van der Waals surface area contributed by atoms with Crippen LogP contribution in [0.1, 0.15) is 34.9 Å². The number of methoxy groups -OCH3 is 2. The average molecular weight is 592 g/mol. The number of ether oxygens (including phenoxy) is 2. The smallest absolute Gasteiger partial charge is 0.299 e. The largest absolute Gasteiger partial charge is 0.497 e. The lowest BCUT2D eigenvalue weighted by atomic mass is 9.90.